The van der Waals surface area contributed by atoms with Gasteiger partial charge in [0.05, 0.1) is 0 Å². The summed E-state index contributed by atoms with van der Waals surface area (Å²) in [4.78, 5) is 12.7. The Morgan fingerprint density at radius 1 is 1.36 bits per heavy atom. The van der Waals surface area contributed by atoms with Gasteiger partial charge in [-0.2, -0.15) is 0 Å². The van der Waals surface area contributed by atoms with Crippen molar-refractivity contribution in [1.29, 1.82) is 0 Å². The molecule has 1 fully saturated rings. The van der Waals surface area contributed by atoms with Crippen LogP contribution in [0, 0.1) is 6.92 Å². The van der Waals surface area contributed by atoms with Crippen LogP contribution in [0.15, 0.2) is 34.9 Å². The largest absolute Gasteiger partial charge is 0.360 e. The van der Waals surface area contributed by atoms with Gasteiger partial charge in [-0.25, -0.2) is 0 Å². The van der Waals surface area contributed by atoms with Crippen LogP contribution in [0.1, 0.15) is 35.9 Å². The summed E-state index contributed by atoms with van der Waals surface area (Å²) < 4.78 is 5.26. The van der Waals surface area contributed by atoms with E-state index >= 15 is 0 Å². The Morgan fingerprint density at radius 2 is 2.14 bits per heavy atom. The molecule has 1 saturated heterocycles. The van der Waals surface area contributed by atoms with Gasteiger partial charge in [-0.3, -0.25) is 4.79 Å². The molecule has 0 spiro atoms. The number of nitrogens with one attached hydrogen (secondary N) is 2. The van der Waals surface area contributed by atoms with Crippen LogP contribution in [-0.2, 0) is 0 Å². The van der Waals surface area contributed by atoms with Crippen molar-refractivity contribution in [2.45, 2.75) is 38.8 Å². The van der Waals surface area contributed by atoms with Crippen molar-refractivity contribution in [3.63, 3.8) is 0 Å². The van der Waals surface area contributed by atoms with E-state index in [2.05, 4.69) is 22.7 Å². The number of carbonyl (C=O) groups is 1. The quantitative estimate of drug-likeness (QED) is 0.914. The summed E-state index contributed by atoms with van der Waals surface area (Å²) in [5, 5.41) is 10.6. The third-order valence-corrected chi connectivity index (χ3v) is 4.10. The monoisotopic (exact) mass is 299 g/mol. The SMILES string of the molecule is Cc1onc(-c2ccccc2)c1C(=O)NC1CCNC(C)C1. The minimum atomic E-state index is -0.100. The van der Waals surface area contributed by atoms with Crippen molar-refractivity contribution < 1.29 is 9.32 Å². The third kappa shape index (κ3) is 3.04. The summed E-state index contributed by atoms with van der Waals surface area (Å²) in [5.74, 6) is 0.454. The van der Waals surface area contributed by atoms with Crippen molar-refractivity contribution in [1.82, 2.24) is 15.8 Å². The van der Waals surface area contributed by atoms with E-state index in [1.165, 1.54) is 0 Å². The van der Waals surface area contributed by atoms with Gasteiger partial charge in [0.15, 0.2) is 0 Å². The molecule has 2 aromatic rings. The van der Waals surface area contributed by atoms with Crippen LogP contribution < -0.4 is 10.6 Å². The zero-order chi connectivity index (χ0) is 15.5. The highest BCUT2D eigenvalue weighted by Crippen LogP contribution is 2.25. The number of aryl methyl sites for hydroxylation is 1. The van der Waals surface area contributed by atoms with E-state index in [1.807, 2.05) is 30.3 Å². The first-order valence-electron chi connectivity index (χ1n) is 7.71. The molecular formula is C17H21N3O2. The second-order valence-corrected chi connectivity index (χ2v) is 5.88. The summed E-state index contributed by atoms with van der Waals surface area (Å²) in [6.45, 7) is 4.85. The molecule has 1 amide bonds. The smallest absolute Gasteiger partial charge is 0.257 e. The van der Waals surface area contributed by atoms with Crippen LogP contribution in [0.2, 0.25) is 0 Å². The first kappa shape index (κ1) is 14.8. The van der Waals surface area contributed by atoms with E-state index in [0.717, 1.165) is 24.9 Å². The zero-order valence-corrected chi connectivity index (χ0v) is 12.9. The number of piperidine rings is 1. The molecule has 2 heterocycles. The average Bonchev–Trinajstić information content (AvgIpc) is 2.90. The molecule has 5 nitrogen and oxygen atoms in total. The Bertz CT molecular complexity index is 651. The van der Waals surface area contributed by atoms with Gasteiger partial charge in [0, 0.05) is 17.6 Å². The highest BCUT2D eigenvalue weighted by atomic mass is 16.5. The molecule has 0 saturated carbocycles. The first-order chi connectivity index (χ1) is 10.6. The molecule has 0 bridgehead atoms. The topological polar surface area (TPSA) is 67.2 Å². The lowest BCUT2D eigenvalue weighted by molar-refractivity contribution is 0.0924. The Labute approximate surface area is 130 Å². The normalized spacial score (nSPS) is 21.5. The molecule has 0 aliphatic carbocycles. The summed E-state index contributed by atoms with van der Waals surface area (Å²) >= 11 is 0. The maximum absolute atomic E-state index is 12.7. The van der Waals surface area contributed by atoms with Crippen molar-refractivity contribution in [3.8, 4) is 11.3 Å². The Kier molecular flexibility index (Phi) is 4.24. The first-order valence-corrected chi connectivity index (χ1v) is 7.71. The highest BCUT2D eigenvalue weighted by Gasteiger charge is 2.25. The van der Waals surface area contributed by atoms with E-state index in [-0.39, 0.29) is 11.9 Å². The van der Waals surface area contributed by atoms with Crippen molar-refractivity contribution in [2.24, 2.45) is 0 Å². The molecule has 1 aromatic heterocycles. The number of benzene rings is 1. The second-order valence-electron chi connectivity index (χ2n) is 5.88. The molecule has 1 aromatic carbocycles. The van der Waals surface area contributed by atoms with E-state index < -0.39 is 0 Å². The fourth-order valence-electron chi connectivity index (χ4n) is 2.95. The molecule has 0 radical (unpaired) electrons. The highest BCUT2D eigenvalue weighted by molar-refractivity contribution is 6.00. The van der Waals surface area contributed by atoms with Crippen LogP contribution in [0.5, 0.6) is 0 Å². The number of aromatic nitrogens is 1. The Morgan fingerprint density at radius 3 is 2.86 bits per heavy atom. The van der Waals surface area contributed by atoms with Crippen LogP contribution in [0.25, 0.3) is 11.3 Å². The van der Waals surface area contributed by atoms with Gasteiger partial charge in [-0.05, 0) is 33.2 Å². The molecule has 2 unspecified atom stereocenters. The Hall–Kier alpha value is -2.14. The summed E-state index contributed by atoms with van der Waals surface area (Å²) in [6, 6.07) is 10.3. The van der Waals surface area contributed by atoms with E-state index in [4.69, 9.17) is 4.52 Å². The molecule has 116 valence electrons. The van der Waals surface area contributed by atoms with E-state index in [0.29, 0.717) is 23.1 Å². The van der Waals surface area contributed by atoms with Crippen LogP contribution >= 0.6 is 0 Å². The van der Waals surface area contributed by atoms with Crippen molar-refractivity contribution in [2.75, 3.05) is 6.54 Å². The fraction of sp³-hybridized carbons (Fsp3) is 0.412. The number of hydrogen-bond acceptors (Lipinski definition) is 4. The number of hydrogen-bond donors (Lipinski definition) is 2. The standard InChI is InChI=1S/C17H21N3O2/c1-11-10-14(8-9-18-11)19-17(21)15-12(2)22-20-16(15)13-6-4-3-5-7-13/h3-7,11,14,18H,8-10H2,1-2H3,(H,19,21). The van der Waals surface area contributed by atoms with E-state index in [9.17, 15) is 4.79 Å². The maximum atomic E-state index is 12.7. The van der Waals surface area contributed by atoms with E-state index in [1.54, 1.807) is 6.92 Å². The zero-order valence-electron chi connectivity index (χ0n) is 12.9. The molecular weight excluding hydrogens is 278 g/mol. The van der Waals surface area contributed by atoms with Gasteiger partial charge in [0.25, 0.3) is 5.91 Å². The molecule has 3 rings (SSSR count). The van der Waals surface area contributed by atoms with Crippen LogP contribution in [0.3, 0.4) is 0 Å². The molecule has 22 heavy (non-hydrogen) atoms. The number of nitrogens with zero attached hydrogens (tertiary/aromatic N) is 1. The third-order valence-electron chi connectivity index (χ3n) is 4.10. The van der Waals surface area contributed by atoms with Crippen LogP contribution in [0.4, 0.5) is 0 Å². The average molecular weight is 299 g/mol. The van der Waals surface area contributed by atoms with Gasteiger partial charge in [-0.1, -0.05) is 35.5 Å². The summed E-state index contributed by atoms with van der Waals surface area (Å²) in [6.07, 6.45) is 1.89. The lowest BCUT2D eigenvalue weighted by Crippen LogP contribution is -2.46. The van der Waals surface area contributed by atoms with Gasteiger partial charge in [0.2, 0.25) is 0 Å². The summed E-state index contributed by atoms with van der Waals surface area (Å²) in [7, 11) is 0. The number of rotatable bonds is 3. The summed E-state index contributed by atoms with van der Waals surface area (Å²) in [5.41, 5.74) is 2.04. The number of amides is 1. The van der Waals surface area contributed by atoms with Gasteiger partial charge < -0.3 is 15.2 Å². The molecule has 2 N–H and O–H groups in total. The second kappa shape index (κ2) is 6.32. The minimum absolute atomic E-state index is 0.100. The van der Waals surface area contributed by atoms with Gasteiger partial charge in [0.1, 0.15) is 17.0 Å². The number of carbonyl (C=O) groups excluding carboxylic acids is 1. The minimum Gasteiger partial charge on any atom is -0.360 e. The Balaban J connectivity index is 1.82. The lowest BCUT2D eigenvalue weighted by Gasteiger charge is -2.28. The maximum Gasteiger partial charge on any atom is 0.257 e. The van der Waals surface area contributed by atoms with Crippen molar-refractivity contribution in [3.05, 3.63) is 41.7 Å². The molecule has 1 aliphatic heterocycles. The molecule has 1 aliphatic rings. The van der Waals surface area contributed by atoms with Gasteiger partial charge in [-0.15, -0.1) is 0 Å². The van der Waals surface area contributed by atoms with Crippen molar-refractivity contribution >= 4 is 5.91 Å². The fourth-order valence-corrected chi connectivity index (χ4v) is 2.95. The van der Waals surface area contributed by atoms with Crippen LogP contribution in [-0.4, -0.2) is 29.7 Å². The molecule has 5 heteroatoms. The predicted molar refractivity (Wildman–Crippen MR) is 84.6 cm³/mol. The van der Waals surface area contributed by atoms with Gasteiger partial charge >= 0.3 is 0 Å². The predicted octanol–water partition coefficient (Wildman–Crippen LogP) is 2.52. The lowest BCUT2D eigenvalue weighted by atomic mass is 9.99. The molecule has 2 atom stereocenters.